The van der Waals surface area contributed by atoms with Gasteiger partial charge in [-0.15, -0.1) is 0 Å². The van der Waals surface area contributed by atoms with E-state index in [1.807, 2.05) is 0 Å². The second kappa shape index (κ2) is 7.86. The highest BCUT2D eigenvalue weighted by atomic mass is 32.2. The molecule has 10 heteroatoms. The van der Waals surface area contributed by atoms with Crippen LogP contribution in [0, 0.1) is 13.8 Å². The van der Waals surface area contributed by atoms with Gasteiger partial charge in [-0.3, -0.25) is 4.79 Å². The maximum Gasteiger partial charge on any atom is 0.417 e. The number of sulfone groups is 1. The maximum atomic E-state index is 13.7. The van der Waals surface area contributed by atoms with Crippen LogP contribution in [0.2, 0.25) is 0 Å². The number of halogens is 3. The van der Waals surface area contributed by atoms with Crippen LogP contribution in [0.1, 0.15) is 39.5 Å². The quantitative estimate of drug-likeness (QED) is 0.575. The van der Waals surface area contributed by atoms with E-state index < -0.39 is 43.9 Å². The van der Waals surface area contributed by atoms with Crippen LogP contribution < -0.4 is 11.5 Å². The SMILES string of the molecule is CCc1cc(S(=O)(=O)c2ccc(C)cc2C)c(C(F)(F)F)cc1C(=O)N=C(N)N. The van der Waals surface area contributed by atoms with E-state index in [1.54, 1.807) is 19.9 Å². The fourth-order valence-corrected chi connectivity index (χ4v) is 4.68. The molecule has 156 valence electrons. The van der Waals surface area contributed by atoms with Crippen LogP contribution in [0.15, 0.2) is 45.1 Å². The van der Waals surface area contributed by atoms with Gasteiger partial charge in [0, 0.05) is 5.56 Å². The van der Waals surface area contributed by atoms with E-state index in [1.165, 1.54) is 19.1 Å². The van der Waals surface area contributed by atoms with Crippen LogP contribution in [0.3, 0.4) is 0 Å². The summed E-state index contributed by atoms with van der Waals surface area (Å²) >= 11 is 0. The van der Waals surface area contributed by atoms with Crippen LogP contribution in [0.4, 0.5) is 13.2 Å². The summed E-state index contributed by atoms with van der Waals surface area (Å²) in [7, 11) is -4.51. The van der Waals surface area contributed by atoms with Gasteiger partial charge in [-0.1, -0.05) is 24.6 Å². The Bertz CT molecular complexity index is 1100. The van der Waals surface area contributed by atoms with E-state index in [0.717, 1.165) is 11.6 Å². The summed E-state index contributed by atoms with van der Waals surface area (Å²) in [5.74, 6) is -1.69. The van der Waals surface area contributed by atoms with Crippen LogP contribution >= 0.6 is 0 Å². The Kier molecular flexibility index (Phi) is 6.07. The Balaban J connectivity index is 2.87. The second-order valence-electron chi connectivity index (χ2n) is 6.47. The monoisotopic (exact) mass is 427 g/mol. The first-order valence-electron chi connectivity index (χ1n) is 8.49. The first kappa shape index (κ1) is 22.4. The molecule has 0 saturated heterocycles. The standard InChI is InChI=1S/C19H20F3N3O3S/c1-4-12-8-16(29(27,28)15-6-5-10(2)7-11(15)3)14(19(20,21)22)9-13(12)17(26)25-18(23)24/h5-9H,4H2,1-3H3,(H4,23,24,25,26). The molecule has 0 saturated carbocycles. The Labute approximate surface area is 166 Å². The van der Waals surface area contributed by atoms with E-state index in [0.29, 0.717) is 11.6 Å². The molecule has 2 aromatic rings. The highest BCUT2D eigenvalue weighted by molar-refractivity contribution is 7.91. The van der Waals surface area contributed by atoms with Crippen LogP contribution in [-0.4, -0.2) is 20.3 Å². The van der Waals surface area contributed by atoms with Gasteiger partial charge in [0.25, 0.3) is 5.91 Å². The molecule has 0 aliphatic carbocycles. The number of nitrogens with two attached hydrogens (primary N) is 2. The lowest BCUT2D eigenvalue weighted by Crippen LogP contribution is -2.25. The smallest absolute Gasteiger partial charge is 0.370 e. The lowest BCUT2D eigenvalue weighted by atomic mass is 10.0. The number of hydrogen-bond donors (Lipinski definition) is 2. The van der Waals surface area contributed by atoms with Crippen molar-refractivity contribution in [3.05, 3.63) is 58.1 Å². The topological polar surface area (TPSA) is 116 Å². The summed E-state index contributed by atoms with van der Waals surface area (Å²) in [5.41, 5.74) is 9.58. The zero-order valence-electron chi connectivity index (χ0n) is 16.0. The van der Waals surface area contributed by atoms with E-state index in [-0.39, 0.29) is 16.9 Å². The number of amides is 1. The number of hydrogen-bond acceptors (Lipinski definition) is 3. The first-order valence-corrected chi connectivity index (χ1v) is 9.97. The Hall–Kier alpha value is -2.88. The van der Waals surface area contributed by atoms with Crippen LogP contribution in [-0.2, 0) is 22.4 Å². The predicted octanol–water partition coefficient (Wildman–Crippen LogP) is 3.13. The van der Waals surface area contributed by atoms with Gasteiger partial charge in [0.1, 0.15) is 0 Å². The zero-order chi connectivity index (χ0) is 22.1. The molecule has 4 N–H and O–H groups in total. The maximum absolute atomic E-state index is 13.7. The van der Waals surface area contributed by atoms with Gasteiger partial charge in [0.2, 0.25) is 9.84 Å². The number of aryl methyl sites for hydroxylation is 3. The highest BCUT2D eigenvalue weighted by Gasteiger charge is 2.39. The van der Waals surface area contributed by atoms with Gasteiger partial charge in [-0.05, 0) is 49.6 Å². The van der Waals surface area contributed by atoms with Gasteiger partial charge in [-0.2, -0.15) is 18.2 Å². The Morgan fingerprint density at radius 2 is 1.69 bits per heavy atom. The molecular formula is C19H20F3N3O3S. The minimum Gasteiger partial charge on any atom is -0.370 e. The lowest BCUT2D eigenvalue weighted by molar-refractivity contribution is -0.139. The Morgan fingerprint density at radius 3 is 2.17 bits per heavy atom. The number of nitrogens with zero attached hydrogens (tertiary/aromatic N) is 1. The first-order chi connectivity index (χ1) is 13.3. The fraction of sp³-hybridized carbons (Fsp3) is 0.263. The number of benzene rings is 2. The minimum atomic E-state index is -5.03. The number of guanidine groups is 1. The van der Waals surface area contributed by atoms with Gasteiger partial charge in [0.15, 0.2) is 5.96 Å². The molecule has 0 fully saturated rings. The summed E-state index contributed by atoms with van der Waals surface area (Å²) in [4.78, 5) is 14.3. The number of carbonyl (C=O) groups excluding carboxylic acids is 1. The molecule has 0 aromatic heterocycles. The Morgan fingerprint density at radius 1 is 1.07 bits per heavy atom. The third kappa shape index (κ3) is 4.58. The molecule has 0 heterocycles. The van der Waals surface area contributed by atoms with Gasteiger partial charge in [0.05, 0.1) is 15.4 Å². The molecule has 0 unspecified atom stereocenters. The third-order valence-corrected chi connectivity index (χ3v) is 6.22. The molecule has 2 aromatic carbocycles. The van der Waals surface area contributed by atoms with Crippen molar-refractivity contribution < 1.29 is 26.4 Å². The van der Waals surface area contributed by atoms with Crippen molar-refractivity contribution in [1.29, 1.82) is 0 Å². The second-order valence-corrected chi connectivity index (χ2v) is 8.36. The van der Waals surface area contributed by atoms with E-state index in [2.05, 4.69) is 4.99 Å². The molecular weight excluding hydrogens is 407 g/mol. The van der Waals surface area contributed by atoms with Crippen molar-refractivity contribution in [2.45, 2.75) is 43.2 Å². The van der Waals surface area contributed by atoms with Crippen molar-refractivity contribution in [3.8, 4) is 0 Å². The molecule has 0 radical (unpaired) electrons. The summed E-state index contributed by atoms with van der Waals surface area (Å²) in [5, 5.41) is 0. The van der Waals surface area contributed by atoms with Crippen molar-refractivity contribution in [2.75, 3.05) is 0 Å². The van der Waals surface area contributed by atoms with Crippen LogP contribution in [0.25, 0.3) is 0 Å². The highest BCUT2D eigenvalue weighted by Crippen LogP contribution is 2.39. The fourth-order valence-electron chi connectivity index (χ4n) is 2.95. The summed E-state index contributed by atoms with van der Waals surface area (Å²) < 4.78 is 67.4. The zero-order valence-corrected chi connectivity index (χ0v) is 16.8. The largest absolute Gasteiger partial charge is 0.417 e. The van der Waals surface area contributed by atoms with Crippen molar-refractivity contribution in [3.63, 3.8) is 0 Å². The van der Waals surface area contributed by atoms with E-state index >= 15 is 0 Å². The summed E-state index contributed by atoms with van der Waals surface area (Å²) in [6, 6.07) is 5.70. The van der Waals surface area contributed by atoms with E-state index in [4.69, 9.17) is 11.5 Å². The normalized spacial score (nSPS) is 11.9. The van der Waals surface area contributed by atoms with Gasteiger partial charge in [-0.25, -0.2) is 8.42 Å². The molecule has 6 nitrogen and oxygen atoms in total. The number of rotatable bonds is 4. The molecule has 0 atom stereocenters. The molecule has 2 rings (SSSR count). The van der Waals surface area contributed by atoms with Gasteiger partial charge >= 0.3 is 6.18 Å². The summed E-state index contributed by atoms with van der Waals surface area (Å²) in [6.45, 7) is 4.82. The summed E-state index contributed by atoms with van der Waals surface area (Å²) in [6.07, 6.45) is -4.94. The third-order valence-electron chi connectivity index (χ3n) is 4.26. The molecule has 0 aliphatic rings. The van der Waals surface area contributed by atoms with Crippen LogP contribution in [0.5, 0.6) is 0 Å². The molecule has 1 amide bonds. The molecule has 29 heavy (non-hydrogen) atoms. The number of aliphatic imine (C=N–C) groups is 1. The molecule has 0 spiro atoms. The van der Waals surface area contributed by atoms with Crippen molar-refractivity contribution in [2.24, 2.45) is 16.5 Å². The average Bonchev–Trinajstić information content (AvgIpc) is 2.58. The number of alkyl halides is 3. The lowest BCUT2D eigenvalue weighted by Gasteiger charge is -2.18. The average molecular weight is 427 g/mol. The van der Waals surface area contributed by atoms with E-state index in [9.17, 15) is 26.4 Å². The molecule has 0 bridgehead atoms. The number of carbonyl (C=O) groups is 1. The van der Waals surface area contributed by atoms with Crippen molar-refractivity contribution >= 4 is 21.7 Å². The van der Waals surface area contributed by atoms with Crippen molar-refractivity contribution in [1.82, 2.24) is 0 Å². The van der Waals surface area contributed by atoms with Gasteiger partial charge < -0.3 is 11.5 Å². The predicted molar refractivity (Wildman–Crippen MR) is 102 cm³/mol. The molecule has 0 aliphatic heterocycles. The minimum absolute atomic E-state index is 0.0799.